The Morgan fingerprint density at radius 2 is 2.20 bits per heavy atom. The van der Waals surface area contributed by atoms with Crippen LogP contribution < -0.4 is 5.32 Å². The first kappa shape index (κ1) is 12.6. The van der Waals surface area contributed by atoms with Crippen LogP contribution in [0, 0.1) is 0 Å². The zero-order chi connectivity index (χ0) is 14.1. The Hall–Kier alpha value is -2.44. The fourth-order valence-electron chi connectivity index (χ4n) is 2.59. The number of hydrogen-bond acceptors (Lipinski definition) is 4. The van der Waals surface area contributed by atoms with E-state index in [9.17, 15) is 14.4 Å². The largest absolute Gasteiger partial charge is 0.335 e. The molecule has 2 aliphatic heterocycles. The summed E-state index contributed by atoms with van der Waals surface area (Å²) in [6.07, 6.45) is 2.18. The number of carbonyl (C=O) groups excluding carboxylic acids is 3. The van der Waals surface area contributed by atoms with Gasteiger partial charge >= 0.3 is 6.03 Å². The molecule has 20 heavy (non-hydrogen) atoms. The van der Waals surface area contributed by atoms with Crippen LogP contribution in [-0.2, 0) is 4.79 Å². The molecule has 0 aliphatic carbocycles. The van der Waals surface area contributed by atoms with Crippen LogP contribution >= 0.6 is 0 Å². The quantitative estimate of drug-likeness (QED) is 0.760. The second-order valence-corrected chi connectivity index (χ2v) is 4.83. The van der Waals surface area contributed by atoms with Gasteiger partial charge in [-0.15, -0.1) is 0 Å². The third-order valence-electron chi connectivity index (χ3n) is 3.58. The summed E-state index contributed by atoms with van der Waals surface area (Å²) in [4.78, 5) is 42.4. The van der Waals surface area contributed by atoms with Gasteiger partial charge in [-0.25, -0.2) is 4.79 Å². The number of carbonyl (C=O) groups is 3. The predicted molar refractivity (Wildman–Crippen MR) is 68.8 cm³/mol. The lowest BCUT2D eigenvalue weighted by molar-refractivity contribution is -0.126. The van der Waals surface area contributed by atoms with Crippen molar-refractivity contribution in [3.63, 3.8) is 0 Å². The predicted octanol–water partition coefficient (Wildman–Crippen LogP) is -0.152. The highest BCUT2D eigenvalue weighted by molar-refractivity contribution is 6.02. The van der Waals surface area contributed by atoms with E-state index in [4.69, 9.17) is 0 Å². The molecule has 1 aromatic heterocycles. The van der Waals surface area contributed by atoms with Gasteiger partial charge in [0.2, 0.25) is 5.91 Å². The zero-order valence-corrected chi connectivity index (χ0v) is 10.8. The van der Waals surface area contributed by atoms with Gasteiger partial charge in [-0.2, -0.15) is 0 Å². The van der Waals surface area contributed by atoms with Crippen molar-refractivity contribution in [3.05, 3.63) is 30.1 Å². The summed E-state index contributed by atoms with van der Waals surface area (Å²) in [5, 5.41) is 2.49. The van der Waals surface area contributed by atoms with E-state index in [1.807, 2.05) is 0 Å². The van der Waals surface area contributed by atoms with E-state index in [1.165, 1.54) is 4.90 Å². The molecule has 0 spiro atoms. The van der Waals surface area contributed by atoms with Crippen molar-refractivity contribution in [1.82, 2.24) is 20.1 Å². The number of amides is 4. The molecule has 1 atom stereocenters. The second kappa shape index (κ2) is 4.92. The normalized spacial score (nSPS) is 22.3. The number of aromatic nitrogens is 1. The Balaban J connectivity index is 1.69. The molecular formula is C13H14N4O3. The molecule has 1 N–H and O–H groups in total. The van der Waals surface area contributed by atoms with Crippen LogP contribution in [0.1, 0.15) is 16.9 Å². The molecule has 0 saturated carbocycles. The smallest absolute Gasteiger partial charge is 0.324 e. The first-order chi connectivity index (χ1) is 9.66. The van der Waals surface area contributed by atoms with Crippen molar-refractivity contribution in [1.29, 1.82) is 0 Å². The maximum Gasteiger partial charge on any atom is 0.324 e. The van der Waals surface area contributed by atoms with E-state index < -0.39 is 0 Å². The van der Waals surface area contributed by atoms with Gasteiger partial charge in [-0.1, -0.05) is 6.07 Å². The van der Waals surface area contributed by atoms with Gasteiger partial charge in [-0.05, 0) is 18.6 Å². The number of hydrogen-bond donors (Lipinski definition) is 1. The highest BCUT2D eigenvalue weighted by Gasteiger charge is 2.39. The molecule has 4 amide bonds. The number of pyridine rings is 1. The van der Waals surface area contributed by atoms with Gasteiger partial charge in [0.15, 0.2) is 0 Å². The summed E-state index contributed by atoms with van der Waals surface area (Å²) in [5.74, 6) is -0.396. The van der Waals surface area contributed by atoms with Crippen molar-refractivity contribution >= 4 is 17.8 Å². The summed E-state index contributed by atoms with van der Waals surface area (Å²) < 4.78 is 0. The zero-order valence-electron chi connectivity index (χ0n) is 10.8. The van der Waals surface area contributed by atoms with Crippen molar-refractivity contribution in [2.45, 2.75) is 12.5 Å². The van der Waals surface area contributed by atoms with Crippen molar-refractivity contribution in [3.8, 4) is 0 Å². The van der Waals surface area contributed by atoms with E-state index in [-0.39, 0.29) is 30.4 Å². The van der Waals surface area contributed by atoms with E-state index >= 15 is 0 Å². The second-order valence-electron chi connectivity index (χ2n) is 4.83. The van der Waals surface area contributed by atoms with Gasteiger partial charge in [-0.3, -0.25) is 19.5 Å². The maximum atomic E-state index is 12.2. The molecule has 0 radical (unpaired) electrons. The van der Waals surface area contributed by atoms with Gasteiger partial charge in [0.1, 0.15) is 5.69 Å². The molecular weight excluding hydrogens is 260 g/mol. The maximum absolute atomic E-state index is 12.2. The van der Waals surface area contributed by atoms with Gasteiger partial charge < -0.3 is 10.2 Å². The molecule has 2 aliphatic rings. The molecule has 104 valence electrons. The average Bonchev–Trinajstić information content (AvgIpc) is 3.06. The van der Waals surface area contributed by atoms with Gasteiger partial charge in [0.05, 0.1) is 12.6 Å². The Labute approximate surface area is 115 Å². The third kappa shape index (κ3) is 2.11. The molecule has 1 aromatic rings. The Morgan fingerprint density at radius 1 is 1.35 bits per heavy atom. The number of urea groups is 1. The van der Waals surface area contributed by atoms with Crippen LogP contribution in [0.2, 0.25) is 0 Å². The number of nitrogens with one attached hydrogen (secondary N) is 1. The summed E-state index contributed by atoms with van der Waals surface area (Å²) >= 11 is 0. The number of nitrogens with zero attached hydrogens (tertiary/aromatic N) is 3. The van der Waals surface area contributed by atoms with Crippen molar-refractivity contribution in [2.24, 2.45) is 0 Å². The SMILES string of the molecule is O=C(c1ccccn1)N1CCC(N2C(=O)CNC2=O)C1. The number of likely N-dealkylation sites (tertiary alicyclic amines) is 1. The fourth-order valence-corrected chi connectivity index (χ4v) is 2.59. The minimum atomic E-state index is -0.368. The Morgan fingerprint density at radius 3 is 2.85 bits per heavy atom. The first-order valence-electron chi connectivity index (χ1n) is 6.47. The topological polar surface area (TPSA) is 82.6 Å². The Bertz CT molecular complexity index is 544. The lowest BCUT2D eigenvalue weighted by Gasteiger charge is -2.21. The molecule has 2 saturated heterocycles. The van der Waals surface area contributed by atoms with Gasteiger partial charge in [0.25, 0.3) is 5.91 Å². The Kier molecular flexibility index (Phi) is 3.09. The van der Waals surface area contributed by atoms with E-state index in [0.29, 0.717) is 25.2 Å². The van der Waals surface area contributed by atoms with Crippen LogP contribution in [0.25, 0.3) is 0 Å². The molecule has 0 aromatic carbocycles. The summed E-state index contributed by atoms with van der Waals surface area (Å²) in [6, 6.07) is 4.55. The highest BCUT2D eigenvalue weighted by Crippen LogP contribution is 2.19. The van der Waals surface area contributed by atoms with Crippen LogP contribution in [0.5, 0.6) is 0 Å². The molecule has 7 nitrogen and oxygen atoms in total. The summed E-state index contributed by atoms with van der Waals surface area (Å²) in [7, 11) is 0. The summed E-state index contributed by atoms with van der Waals surface area (Å²) in [6.45, 7) is 0.940. The third-order valence-corrected chi connectivity index (χ3v) is 3.58. The van der Waals surface area contributed by atoms with Gasteiger partial charge in [0, 0.05) is 19.3 Å². The molecule has 7 heteroatoms. The average molecular weight is 274 g/mol. The van der Waals surface area contributed by atoms with Crippen molar-refractivity contribution in [2.75, 3.05) is 19.6 Å². The van der Waals surface area contributed by atoms with E-state index in [2.05, 4.69) is 10.3 Å². The van der Waals surface area contributed by atoms with Crippen LogP contribution in [-0.4, -0.2) is 58.3 Å². The molecule has 1 unspecified atom stereocenters. The molecule has 3 heterocycles. The van der Waals surface area contributed by atoms with Crippen molar-refractivity contribution < 1.29 is 14.4 Å². The molecule has 3 rings (SSSR count). The molecule has 0 bridgehead atoms. The molecule has 2 fully saturated rings. The van der Waals surface area contributed by atoms with E-state index in [0.717, 1.165) is 0 Å². The monoisotopic (exact) mass is 274 g/mol. The summed E-state index contributed by atoms with van der Waals surface area (Å²) in [5.41, 5.74) is 0.380. The fraction of sp³-hybridized carbons (Fsp3) is 0.385. The first-order valence-corrected chi connectivity index (χ1v) is 6.47. The van der Waals surface area contributed by atoms with E-state index in [1.54, 1.807) is 29.3 Å². The van der Waals surface area contributed by atoms with Crippen LogP contribution in [0.4, 0.5) is 4.79 Å². The number of rotatable bonds is 2. The highest BCUT2D eigenvalue weighted by atomic mass is 16.2. The standard InChI is InChI=1S/C13H14N4O3/c18-11-7-15-13(20)17(11)9-4-6-16(8-9)12(19)10-3-1-2-5-14-10/h1-3,5,9H,4,6-8H2,(H,15,20). The lowest BCUT2D eigenvalue weighted by Crippen LogP contribution is -2.43. The minimum absolute atomic E-state index is 0.0452. The lowest BCUT2D eigenvalue weighted by atomic mass is 10.2. The van der Waals surface area contributed by atoms with Crippen LogP contribution in [0.15, 0.2) is 24.4 Å². The van der Waals surface area contributed by atoms with Crippen LogP contribution in [0.3, 0.4) is 0 Å². The number of imide groups is 1. The minimum Gasteiger partial charge on any atom is -0.335 e.